The summed E-state index contributed by atoms with van der Waals surface area (Å²) in [6.07, 6.45) is 1.07. The molecule has 21 heavy (non-hydrogen) atoms. The van der Waals surface area contributed by atoms with Gasteiger partial charge in [-0.1, -0.05) is 41.9 Å². The first-order valence-electron chi connectivity index (χ1n) is 6.61. The lowest BCUT2D eigenvalue weighted by atomic mass is 10.00. The van der Waals surface area contributed by atoms with Gasteiger partial charge in [0.15, 0.2) is 0 Å². The number of halogens is 2. The lowest BCUT2D eigenvalue weighted by Crippen LogP contribution is -2.04. The summed E-state index contributed by atoms with van der Waals surface area (Å²) in [4.78, 5) is 4.26. The van der Waals surface area contributed by atoms with Crippen molar-refractivity contribution in [1.29, 1.82) is 0 Å². The SMILES string of the molecule is OC(Cc1cccc(Cl)c1F)c1ccc2cccnc2c1. The third-order valence-electron chi connectivity index (χ3n) is 3.46. The number of hydrogen-bond acceptors (Lipinski definition) is 2. The molecule has 2 aromatic carbocycles. The molecule has 1 aromatic heterocycles. The van der Waals surface area contributed by atoms with Gasteiger partial charge in [0.25, 0.3) is 0 Å². The molecule has 1 N–H and O–H groups in total. The van der Waals surface area contributed by atoms with E-state index in [4.69, 9.17) is 11.6 Å². The van der Waals surface area contributed by atoms with E-state index < -0.39 is 11.9 Å². The van der Waals surface area contributed by atoms with Gasteiger partial charge < -0.3 is 5.11 Å². The highest BCUT2D eigenvalue weighted by atomic mass is 35.5. The number of fused-ring (bicyclic) bond motifs is 1. The van der Waals surface area contributed by atoms with Crippen LogP contribution in [0.2, 0.25) is 5.02 Å². The van der Waals surface area contributed by atoms with Crippen LogP contribution in [0.5, 0.6) is 0 Å². The molecule has 1 unspecified atom stereocenters. The second-order valence-electron chi connectivity index (χ2n) is 4.89. The largest absolute Gasteiger partial charge is 0.388 e. The van der Waals surface area contributed by atoms with Crippen molar-refractivity contribution < 1.29 is 9.50 Å². The van der Waals surface area contributed by atoms with E-state index >= 15 is 0 Å². The van der Waals surface area contributed by atoms with Gasteiger partial charge in [-0.05, 0) is 29.3 Å². The van der Waals surface area contributed by atoms with E-state index in [2.05, 4.69) is 4.98 Å². The van der Waals surface area contributed by atoms with E-state index in [1.807, 2.05) is 30.3 Å². The molecule has 1 heterocycles. The van der Waals surface area contributed by atoms with Gasteiger partial charge in [0, 0.05) is 18.0 Å². The average Bonchev–Trinajstić information content (AvgIpc) is 2.51. The molecule has 0 amide bonds. The second kappa shape index (κ2) is 5.80. The molecule has 4 heteroatoms. The highest BCUT2D eigenvalue weighted by molar-refractivity contribution is 6.30. The van der Waals surface area contributed by atoms with Crippen LogP contribution < -0.4 is 0 Å². The summed E-state index contributed by atoms with van der Waals surface area (Å²) in [6, 6.07) is 14.2. The number of nitrogens with zero attached hydrogens (tertiary/aromatic N) is 1. The number of hydrogen-bond donors (Lipinski definition) is 1. The van der Waals surface area contributed by atoms with E-state index in [9.17, 15) is 9.50 Å². The topological polar surface area (TPSA) is 33.1 Å². The Balaban J connectivity index is 1.89. The first kappa shape index (κ1) is 14.0. The lowest BCUT2D eigenvalue weighted by Gasteiger charge is -2.13. The van der Waals surface area contributed by atoms with Crippen LogP contribution in [0, 0.1) is 5.82 Å². The van der Waals surface area contributed by atoms with Crippen LogP contribution in [0.15, 0.2) is 54.7 Å². The molecule has 0 saturated carbocycles. The summed E-state index contributed by atoms with van der Waals surface area (Å²) in [5.41, 5.74) is 1.91. The monoisotopic (exact) mass is 301 g/mol. The Morgan fingerprint density at radius 3 is 2.86 bits per heavy atom. The quantitative estimate of drug-likeness (QED) is 0.782. The zero-order valence-electron chi connectivity index (χ0n) is 11.1. The van der Waals surface area contributed by atoms with Gasteiger partial charge in [0.05, 0.1) is 16.6 Å². The number of aliphatic hydroxyl groups excluding tert-OH is 1. The van der Waals surface area contributed by atoms with E-state index in [0.29, 0.717) is 11.1 Å². The Bertz CT molecular complexity index is 791. The fraction of sp³-hybridized carbons (Fsp3) is 0.118. The molecular weight excluding hydrogens is 289 g/mol. The zero-order valence-corrected chi connectivity index (χ0v) is 11.9. The summed E-state index contributed by atoms with van der Waals surface area (Å²) in [5.74, 6) is -0.475. The molecule has 106 valence electrons. The van der Waals surface area contributed by atoms with Gasteiger partial charge in [0.2, 0.25) is 0 Å². The fourth-order valence-corrected chi connectivity index (χ4v) is 2.52. The highest BCUT2D eigenvalue weighted by Gasteiger charge is 2.14. The molecule has 0 aliphatic heterocycles. The Morgan fingerprint density at radius 2 is 2.00 bits per heavy atom. The van der Waals surface area contributed by atoms with Gasteiger partial charge >= 0.3 is 0 Å². The standard InChI is InChI=1S/C17H13ClFNO/c18-14-5-1-3-13(17(14)19)10-16(21)12-7-6-11-4-2-8-20-15(11)9-12/h1-9,16,21H,10H2. The van der Waals surface area contributed by atoms with Crippen molar-refractivity contribution in [2.24, 2.45) is 0 Å². The Labute approximate surface area is 126 Å². The molecule has 0 saturated heterocycles. The molecule has 1 atom stereocenters. The van der Waals surface area contributed by atoms with Crippen molar-refractivity contribution >= 4 is 22.5 Å². The predicted molar refractivity (Wildman–Crippen MR) is 81.8 cm³/mol. The molecule has 2 nitrogen and oxygen atoms in total. The van der Waals surface area contributed by atoms with Crippen LogP contribution in [0.4, 0.5) is 4.39 Å². The van der Waals surface area contributed by atoms with Gasteiger partial charge in [-0.3, -0.25) is 4.98 Å². The van der Waals surface area contributed by atoms with E-state index in [1.54, 1.807) is 18.3 Å². The highest BCUT2D eigenvalue weighted by Crippen LogP contribution is 2.25. The van der Waals surface area contributed by atoms with E-state index in [0.717, 1.165) is 10.9 Å². The van der Waals surface area contributed by atoms with E-state index in [-0.39, 0.29) is 11.4 Å². The molecule has 3 aromatic rings. The normalized spacial score (nSPS) is 12.5. The van der Waals surface area contributed by atoms with Gasteiger partial charge in [-0.2, -0.15) is 0 Å². The first-order valence-corrected chi connectivity index (χ1v) is 6.98. The van der Waals surface area contributed by atoms with Crippen LogP contribution in [-0.2, 0) is 6.42 Å². The summed E-state index contributed by atoms with van der Waals surface area (Å²) in [5, 5.41) is 11.4. The van der Waals surface area contributed by atoms with Crippen LogP contribution in [-0.4, -0.2) is 10.1 Å². The average molecular weight is 302 g/mol. The van der Waals surface area contributed by atoms with Crippen molar-refractivity contribution in [2.45, 2.75) is 12.5 Å². The number of benzene rings is 2. The van der Waals surface area contributed by atoms with Crippen molar-refractivity contribution in [1.82, 2.24) is 4.98 Å². The second-order valence-corrected chi connectivity index (χ2v) is 5.30. The Kier molecular flexibility index (Phi) is 3.86. The van der Waals surface area contributed by atoms with Crippen molar-refractivity contribution in [2.75, 3.05) is 0 Å². The van der Waals surface area contributed by atoms with Crippen LogP contribution in [0.3, 0.4) is 0 Å². The van der Waals surface area contributed by atoms with Crippen molar-refractivity contribution in [3.05, 3.63) is 76.7 Å². The number of pyridine rings is 1. The molecule has 0 aliphatic carbocycles. The summed E-state index contributed by atoms with van der Waals surface area (Å²) < 4.78 is 13.9. The lowest BCUT2D eigenvalue weighted by molar-refractivity contribution is 0.177. The third-order valence-corrected chi connectivity index (χ3v) is 3.75. The maximum absolute atomic E-state index is 13.9. The Hall–Kier alpha value is -1.97. The van der Waals surface area contributed by atoms with Crippen molar-refractivity contribution in [3.8, 4) is 0 Å². The summed E-state index contributed by atoms with van der Waals surface area (Å²) >= 11 is 5.75. The maximum atomic E-state index is 13.9. The number of rotatable bonds is 3. The minimum atomic E-state index is -0.802. The van der Waals surface area contributed by atoms with E-state index in [1.165, 1.54) is 6.07 Å². The van der Waals surface area contributed by atoms with Gasteiger partial charge in [0.1, 0.15) is 5.82 Å². The maximum Gasteiger partial charge on any atom is 0.145 e. The summed E-state index contributed by atoms with van der Waals surface area (Å²) in [6.45, 7) is 0. The molecule has 3 rings (SSSR count). The summed E-state index contributed by atoms with van der Waals surface area (Å²) in [7, 11) is 0. The van der Waals surface area contributed by atoms with Gasteiger partial charge in [-0.15, -0.1) is 0 Å². The van der Waals surface area contributed by atoms with Crippen LogP contribution in [0.1, 0.15) is 17.2 Å². The smallest absolute Gasteiger partial charge is 0.145 e. The van der Waals surface area contributed by atoms with Crippen molar-refractivity contribution in [3.63, 3.8) is 0 Å². The number of aromatic nitrogens is 1. The molecule has 0 fully saturated rings. The van der Waals surface area contributed by atoms with Crippen LogP contribution >= 0.6 is 11.6 Å². The molecule has 0 radical (unpaired) electrons. The number of aliphatic hydroxyl groups is 1. The third kappa shape index (κ3) is 2.89. The Morgan fingerprint density at radius 1 is 1.14 bits per heavy atom. The predicted octanol–water partition coefficient (Wildman–Crippen LogP) is 4.30. The first-order chi connectivity index (χ1) is 10.1. The zero-order chi connectivity index (χ0) is 14.8. The molecule has 0 aliphatic rings. The van der Waals surface area contributed by atoms with Crippen LogP contribution in [0.25, 0.3) is 10.9 Å². The minimum Gasteiger partial charge on any atom is -0.388 e. The molecular formula is C17H13ClFNO. The molecule has 0 spiro atoms. The fourth-order valence-electron chi connectivity index (χ4n) is 2.32. The minimum absolute atomic E-state index is 0.0693. The molecule has 0 bridgehead atoms. The van der Waals surface area contributed by atoms with Gasteiger partial charge in [-0.25, -0.2) is 4.39 Å².